The maximum Gasteiger partial charge on any atom is 0.342 e. The Bertz CT molecular complexity index is 1000. The predicted octanol–water partition coefficient (Wildman–Crippen LogP) is 2.98. The Kier molecular flexibility index (Phi) is 5.37. The number of phenolic OH excluding ortho intramolecular Hbond substituents is 1. The van der Waals surface area contributed by atoms with Crippen molar-refractivity contribution in [3.8, 4) is 11.5 Å². The van der Waals surface area contributed by atoms with E-state index in [1.54, 1.807) is 6.92 Å². The van der Waals surface area contributed by atoms with E-state index in [0.29, 0.717) is 17.6 Å². The lowest BCUT2D eigenvalue weighted by Gasteiger charge is -2.65. The summed E-state index contributed by atoms with van der Waals surface area (Å²) in [6, 6.07) is 1.24. The van der Waals surface area contributed by atoms with Crippen molar-refractivity contribution in [3.63, 3.8) is 0 Å². The number of methoxy groups -OCH3 is 1. The van der Waals surface area contributed by atoms with Gasteiger partial charge in [-0.1, -0.05) is 38.4 Å². The lowest BCUT2D eigenvalue weighted by atomic mass is 9.43. The van der Waals surface area contributed by atoms with Gasteiger partial charge in [-0.05, 0) is 42.2 Å². The molecule has 176 valence electrons. The van der Waals surface area contributed by atoms with Crippen molar-refractivity contribution >= 4 is 17.6 Å². The largest absolute Gasteiger partial charge is 0.507 e. The Balaban J connectivity index is 1.67. The van der Waals surface area contributed by atoms with Gasteiger partial charge in [0.1, 0.15) is 28.8 Å². The van der Waals surface area contributed by atoms with E-state index >= 15 is 0 Å². The van der Waals surface area contributed by atoms with Gasteiger partial charge in [0.2, 0.25) is 0 Å². The first kappa shape index (κ1) is 23.4. The Labute approximate surface area is 192 Å². The Morgan fingerprint density at radius 3 is 2.53 bits per heavy atom. The first-order chi connectivity index (χ1) is 14.8. The molecule has 4 rings (SSSR count). The summed E-state index contributed by atoms with van der Waals surface area (Å²) in [6.07, 6.45) is 1.34. The third-order valence-corrected chi connectivity index (χ3v) is 8.71. The first-order valence-corrected chi connectivity index (χ1v) is 11.2. The van der Waals surface area contributed by atoms with Gasteiger partial charge in [-0.3, -0.25) is 0 Å². The SMILES string of the molecule is COc1cc(O)c(C(=O)OC2C[C@]3(C)[C@@H]4[C@H](C=C(CO)[C@]23O)CC(C)(C)[C@@H]4O)c(C)c1Cl. The highest BCUT2D eigenvalue weighted by Crippen LogP contribution is 2.68. The molecule has 1 unspecified atom stereocenters. The van der Waals surface area contributed by atoms with E-state index in [4.69, 9.17) is 21.1 Å². The molecule has 1 aromatic rings. The van der Waals surface area contributed by atoms with E-state index < -0.39 is 29.2 Å². The second-order valence-electron chi connectivity index (χ2n) is 10.4. The fraction of sp³-hybridized carbons (Fsp3) is 0.625. The molecule has 0 saturated heterocycles. The Hall–Kier alpha value is -1.80. The molecule has 7 nitrogen and oxygen atoms in total. The lowest BCUT2D eigenvalue weighted by Crippen LogP contribution is -2.74. The highest BCUT2D eigenvalue weighted by molar-refractivity contribution is 6.33. The van der Waals surface area contributed by atoms with Crippen molar-refractivity contribution in [2.24, 2.45) is 22.7 Å². The van der Waals surface area contributed by atoms with Crippen LogP contribution in [0.5, 0.6) is 11.5 Å². The summed E-state index contributed by atoms with van der Waals surface area (Å²) < 4.78 is 10.8. The van der Waals surface area contributed by atoms with Gasteiger partial charge >= 0.3 is 5.97 Å². The monoisotopic (exact) mass is 466 g/mol. The molecule has 8 heteroatoms. The predicted molar refractivity (Wildman–Crippen MR) is 118 cm³/mol. The summed E-state index contributed by atoms with van der Waals surface area (Å²) in [5, 5.41) is 43.4. The topological polar surface area (TPSA) is 116 Å². The molecule has 0 spiro atoms. The molecule has 6 atom stereocenters. The van der Waals surface area contributed by atoms with Crippen LogP contribution in [0.25, 0.3) is 0 Å². The van der Waals surface area contributed by atoms with Crippen LogP contribution in [0.1, 0.15) is 49.5 Å². The van der Waals surface area contributed by atoms with Gasteiger partial charge in [0.25, 0.3) is 0 Å². The molecule has 0 amide bonds. The van der Waals surface area contributed by atoms with Crippen molar-refractivity contribution in [2.45, 2.75) is 58.3 Å². The summed E-state index contributed by atoms with van der Waals surface area (Å²) in [5.74, 6) is -1.13. The third kappa shape index (κ3) is 2.87. The van der Waals surface area contributed by atoms with Crippen molar-refractivity contribution in [2.75, 3.05) is 13.7 Å². The van der Waals surface area contributed by atoms with Crippen LogP contribution in [0.2, 0.25) is 5.02 Å². The number of fused-ring (bicyclic) bond motifs is 3. The van der Waals surface area contributed by atoms with Gasteiger partial charge in [0.15, 0.2) is 0 Å². The molecule has 1 aromatic carbocycles. The van der Waals surface area contributed by atoms with E-state index in [1.807, 2.05) is 26.8 Å². The minimum absolute atomic E-state index is 0.0239. The second kappa shape index (κ2) is 7.35. The smallest absolute Gasteiger partial charge is 0.342 e. The summed E-state index contributed by atoms with van der Waals surface area (Å²) in [6.45, 7) is 7.08. The number of ether oxygens (including phenoxy) is 2. The highest BCUT2D eigenvalue weighted by Gasteiger charge is 2.74. The van der Waals surface area contributed by atoms with E-state index in [-0.39, 0.29) is 45.9 Å². The van der Waals surface area contributed by atoms with Crippen molar-refractivity contribution in [3.05, 3.63) is 33.9 Å². The summed E-state index contributed by atoms with van der Waals surface area (Å²) in [7, 11) is 1.40. The van der Waals surface area contributed by atoms with Gasteiger partial charge in [0, 0.05) is 17.4 Å². The lowest BCUT2D eigenvalue weighted by molar-refractivity contribution is -0.260. The standard InChI is InChI=1S/C24H31ClO7/c1-11-17(14(27)7-15(31-5)19(11)25)21(29)32-16-9-23(4)18-12(8-22(2,3)20(18)28)6-13(10-26)24(16,23)30/h6-7,12,16,18,20,26-28,30H,8-10H2,1-5H3/t12-,16?,18-,20-,23-,24+/m1/s1. The zero-order chi connectivity index (χ0) is 23.8. The molecule has 32 heavy (non-hydrogen) atoms. The molecule has 0 radical (unpaired) electrons. The van der Waals surface area contributed by atoms with Crippen LogP contribution in [0.3, 0.4) is 0 Å². The number of allylic oxidation sites excluding steroid dienone is 1. The Morgan fingerprint density at radius 1 is 1.28 bits per heavy atom. The molecular formula is C24H31ClO7. The molecule has 3 aliphatic rings. The zero-order valence-electron chi connectivity index (χ0n) is 19.0. The average Bonchev–Trinajstić information content (AvgIpc) is 2.95. The number of hydrogen-bond acceptors (Lipinski definition) is 7. The number of hydrogen-bond donors (Lipinski definition) is 4. The normalized spacial score (nSPS) is 37.1. The molecule has 0 heterocycles. The molecule has 2 fully saturated rings. The minimum atomic E-state index is -1.61. The van der Waals surface area contributed by atoms with Gasteiger partial charge in [-0.2, -0.15) is 0 Å². The molecule has 0 aromatic heterocycles. The van der Waals surface area contributed by atoms with Crippen molar-refractivity contribution in [1.82, 2.24) is 0 Å². The molecule has 0 aliphatic heterocycles. The summed E-state index contributed by atoms with van der Waals surface area (Å²) >= 11 is 6.25. The minimum Gasteiger partial charge on any atom is -0.507 e. The second-order valence-corrected chi connectivity index (χ2v) is 10.7. The quantitative estimate of drug-likeness (QED) is 0.398. The average molecular weight is 467 g/mol. The van der Waals surface area contributed by atoms with Crippen molar-refractivity contribution < 1.29 is 34.7 Å². The number of benzene rings is 1. The number of esters is 1. The molecular weight excluding hydrogens is 436 g/mol. The fourth-order valence-electron chi connectivity index (χ4n) is 6.47. The highest BCUT2D eigenvalue weighted by atomic mass is 35.5. The van der Waals surface area contributed by atoms with Crippen LogP contribution >= 0.6 is 11.6 Å². The number of aliphatic hydroxyl groups excluding tert-OH is 2. The number of carbonyl (C=O) groups is 1. The van der Waals surface area contributed by atoms with E-state index in [1.165, 1.54) is 13.2 Å². The van der Waals surface area contributed by atoms with Crippen LogP contribution in [0.4, 0.5) is 0 Å². The first-order valence-electron chi connectivity index (χ1n) is 10.8. The van der Waals surface area contributed by atoms with E-state index in [9.17, 15) is 25.2 Å². The Morgan fingerprint density at radius 2 is 1.94 bits per heavy atom. The van der Waals surface area contributed by atoms with Gasteiger partial charge in [0.05, 0.1) is 24.8 Å². The van der Waals surface area contributed by atoms with E-state index in [0.717, 1.165) is 6.42 Å². The van der Waals surface area contributed by atoms with E-state index in [2.05, 4.69) is 0 Å². The fourth-order valence-corrected chi connectivity index (χ4v) is 6.70. The maximum absolute atomic E-state index is 13.0. The number of aliphatic hydroxyl groups is 3. The van der Waals surface area contributed by atoms with Crippen LogP contribution < -0.4 is 4.74 Å². The number of phenols is 1. The van der Waals surface area contributed by atoms with Gasteiger partial charge in [-0.25, -0.2) is 4.79 Å². The van der Waals surface area contributed by atoms with Crippen LogP contribution in [0, 0.1) is 29.6 Å². The van der Waals surface area contributed by atoms with Gasteiger partial charge < -0.3 is 29.9 Å². The third-order valence-electron chi connectivity index (χ3n) is 8.24. The summed E-state index contributed by atoms with van der Waals surface area (Å²) in [5.41, 5.74) is -2.10. The number of rotatable bonds is 4. The van der Waals surface area contributed by atoms with Crippen LogP contribution in [-0.4, -0.2) is 57.9 Å². The van der Waals surface area contributed by atoms with Gasteiger partial charge in [-0.15, -0.1) is 0 Å². The summed E-state index contributed by atoms with van der Waals surface area (Å²) in [4.78, 5) is 13.0. The molecule has 2 saturated carbocycles. The maximum atomic E-state index is 13.0. The van der Waals surface area contributed by atoms with Crippen LogP contribution in [-0.2, 0) is 4.74 Å². The molecule has 0 bridgehead atoms. The zero-order valence-corrected chi connectivity index (χ0v) is 19.7. The number of carbonyl (C=O) groups excluding carboxylic acids is 1. The van der Waals surface area contributed by atoms with Crippen molar-refractivity contribution in [1.29, 1.82) is 0 Å². The molecule has 3 aliphatic carbocycles. The number of halogens is 1. The van der Waals surface area contributed by atoms with Crippen LogP contribution in [0.15, 0.2) is 17.7 Å². The number of aromatic hydroxyl groups is 1. The molecule has 4 N–H and O–H groups in total.